The normalized spacial score (nSPS) is 21.6. The van der Waals surface area contributed by atoms with Crippen molar-refractivity contribution in [2.24, 2.45) is 0 Å². The zero-order valence-electron chi connectivity index (χ0n) is 26.3. The third kappa shape index (κ3) is 8.11. The van der Waals surface area contributed by atoms with Gasteiger partial charge in [0.25, 0.3) is 0 Å². The number of fused-ring (bicyclic) bond motifs is 2. The lowest BCUT2D eigenvalue weighted by atomic mass is 9.86. The van der Waals surface area contributed by atoms with Crippen LogP contribution in [0.1, 0.15) is 94.3 Å². The lowest BCUT2D eigenvalue weighted by Gasteiger charge is -2.36. The molecule has 3 atom stereocenters. The van der Waals surface area contributed by atoms with Gasteiger partial charge in [0.1, 0.15) is 28.9 Å². The molecule has 7 nitrogen and oxygen atoms in total. The van der Waals surface area contributed by atoms with E-state index in [1.165, 1.54) is 31.5 Å². The molecule has 1 N–H and O–H groups in total. The maximum atomic E-state index is 14.9. The van der Waals surface area contributed by atoms with Crippen LogP contribution in [0.5, 0.6) is 0 Å². The van der Waals surface area contributed by atoms with Crippen LogP contribution in [0.15, 0.2) is 24.3 Å². The van der Waals surface area contributed by atoms with Gasteiger partial charge in [-0.2, -0.15) is 0 Å². The number of rotatable bonds is 10. The highest BCUT2D eigenvalue weighted by atomic mass is 19.1. The predicted octanol–water partition coefficient (Wildman–Crippen LogP) is 6.26. The molecule has 1 saturated heterocycles. The van der Waals surface area contributed by atoms with Gasteiger partial charge in [0.05, 0.1) is 18.8 Å². The second-order valence-corrected chi connectivity index (χ2v) is 13.7. The van der Waals surface area contributed by atoms with Gasteiger partial charge in [-0.25, -0.2) is 18.6 Å². The van der Waals surface area contributed by atoms with E-state index >= 15 is 0 Å². The van der Waals surface area contributed by atoms with E-state index in [4.69, 9.17) is 19.2 Å². The number of aryl methyl sites for hydroxylation is 2. The van der Waals surface area contributed by atoms with E-state index in [0.29, 0.717) is 30.8 Å². The summed E-state index contributed by atoms with van der Waals surface area (Å²) in [6.45, 7) is 11.3. The van der Waals surface area contributed by atoms with Crippen LogP contribution in [0.4, 0.5) is 14.6 Å². The fraction of sp³-hybridized carbons (Fsp3) is 0.647. The summed E-state index contributed by atoms with van der Waals surface area (Å²) in [5.41, 5.74) is 2.07. The van der Waals surface area contributed by atoms with Crippen molar-refractivity contribution in [2.45, 2.75) is 116 Å². The molecule has 1 fully saturated rings. The molecule has 3 aliphatic rings. The first-order chi connectivity index (χ1) is 20.4. The van der Waals surface area contributed by atoms with Crippen LogP contribution < -0.4 is 5.32 Å². The molecule has 236 valence electrons. The quantitative estimate of drug-likeness (QED) is 0.255. The van der Waals surface area contributed by atoms with Gasteiger partial charge < -0.3 is 19.5 Å². The lowest BCUT2D eigenvalue weighted by molar-refractivity contribution is -0.161. The van der Waals surface area contributed by atoms with E-state index in [0.717, 1.165) is 62.1 Å². The van der Waals surface area contributed by atoms with Crippen molar-refractivity contribution in [3.05, 3.63) is 58.0 Å². The minimum Gasteiger partial charge on any atom is -0.459 e. The number of esters is 1. The molecule has 4 heterocycles. The topological polar surface area (TPSA) is 72.9 Å². The molecule has 2 aromatic rings. The van der Waals surface area contributed by atoms with Gasteiger partial charge in [-0.05, 0) is 114 Å². The van der Waals surface area contributed by atoms with Gasteiger partial charge >= 0.3 is 5.97 Å². The molecule has 9 heteroatoms. The minimum absolute atomic E-state index is 0.0405. The first-order valence-corrected chi connectivity index (χ1v) is 15.8. The lowest BCUT2D eigenvalue weighted by Crippen LogP contribution is -2.41. The SMILES string of the molecule is CC(C)(C)OC(=O)C(c1cc(F)cc2c1CC(C(C)(C)F)OC2)N1CC[C@@H](OCCCCc2ccc3c(n2)NCCC3)C1. The number of carbonyl (C=O) groups excluding carboxylic acids is 1. The summed E-state index contributed by atoms with van der Waals surface area (Å²) < 4.78 is 47.7. The van der Waals surface area contributed by atoms with Crippen molar-refractivity contribution < 1.29 is 27.8 Å². The Bertz CT molecular complexity index is 1290. The second kappa shape index (κ2) is 13.2. The van der Waals surface area contributed by atoms with Crippen molar-refractivity contribution >= 4 is 11.8 Å². The number of nitrogens with one attached hydrogen (secondary N) is 1. The van der Waals surface area contributed by atoms with Crippen LogP contribution >= 0.6 is 0 Å². The number of alkyl halides is 1. The van der Waals surface area contributed by atoms with Crippen molar-refractivity contribution in [3.63, 3.8) is 0 Å². The van der Waals surface area contributed by atoms with Crippen LogP contribution in [0.2, 0.25) is 0 Å². The Morgan fingerprint density at radius 3 is 2.77 bits per heavy atom. The summed E-state index contributed by atoms with van der Waals surface area (Å²) in [6, 6.07) is 6.35. The van der Waals surface area contributed by atoms with Crippen molar-refractivity contribution in [1.82, 2.24) is 9.88 Å². The Labute approximate surface area is 254 Å². The summed E-state index contributed by atoms with van der Waals surface area (Å²) in [5.74, 6) is 0.150. The molecule has 43 heavy (non-hydrogen) atoms. The van der Waals surface area contributed by atoms with E-state index in [1.54, 1.807) is 0 Å². The summed E-state index contributed by atoms with van der Waals surface area (Å²) in [5, 5.41) is 3.40. The third-order valence-electron chi connectivity index (χ3n) is 8.54. The zero-order chi connectivity index (χ0) is 30.8. The summed E-state index contributed by atoms with van der Waals surface area (Å²) in [4.78, 5) is 20.5. The molecule has 0 saturated carbocycles. The number of benzene rings is 1. The Morgan fingerprint density at radius 2 is 2.00 bits per heavy atom. The maximum absolute atomic E-state index is 14.9. The molecule has 1 aromatic heterocycles. The predicted molar refractivity (Wildman–Crippen MR) is 162 cm³/mol. The maximum Gasteiger partial charge on any atom is 0.328 e. The van der Waals surface area contributed by atoms with Gasteiger partial charge in [-0.1, -0.05) is 6.07 Å². The number of carbonyl (C=O) groups is 1. The molecule has 1 aromatic carbocycles. The average Bonchev–Trinajstić information content (AvgIpc) is 3.39. The third-order valence-corrected chi connectivity index (χ3v) is 8.54. The Balaban J connectivity index is 1.23. The van der Waals surface area contributed by atoms with Crippen molar-refractivity contribution in [3.8, 4) is 0 Å². The molecule has 0 spiro atoms. The molecular formula is C34H47F2N3O4. The smallest absolute Gasteiger partial charge is 0.328 e. The van der Waals surface area contributed by atoms with E-state index in [2.05, 4.69) is 17.4 Å². The molecule has 5 rings (SSSR count). The Kier molecular flexibility index (Phi) is 9.73. The molecular weight excluding hydrogens is 552 g/mol. The highest BCUT2D eigenvalue weighted by Gasteiger charge is 2.41. The average molecular weight is 600 g/mol. The number of pyridine rings is 1. The standard InChI is InChI=1S/C34H47F2N3O4/c1-33(2,3)43-32(40)30(28-18-24(35)17-23-21-42-29(19-27(23)28)34(4,5)36)39-15-13-26(20-39)41-16-7-6-10-25-12-11-22-9-8-14-37-31(22)38-25/h11-12,17-18,26,29-30H,6-10,13-16,19-21H2,1-5H3,(H,37,38)/t26-,29?,30?/m1/s1. The van der Waals surface area contributed by atoms with E-state index in [1.807, 2.05) is 25.7 Å². The van der Waals surface area contributed by atoms with Crippen LogP contribution in [0, 0.1) is 5.82 Å². The number of halogens is 2. The van der Waals surface area contributed by atoms with Crippen LogP contribution in [0.3, 0.4) is 0 Å². The second-order valence-electron chi connectivity index (χ2n) is 13.7. The van der Waals surface area contributed by atoms with Gasteiger partial charge in [-0.3, -0.25) is 4.90 Å². The molecule has 0 radical (unpaired) electrons. The number of anilines is 1. The fourth-order valence-corrected chi connectivity index (χ4v) is 6.33. The van der Waals surface area contributed by atoms with Crippen LogP contribution in [-0.2, 0) is 44.9 Å². The molecule has 0 amide bonds. The van der Waals surface area contributed by atoms with Crippen molar-refractivity contribution in [2.75, 3.05) is 31.6 Å². The number of unbranched alkanes of at least 4 members (excludes halogenated alkanes) is 1. The molecule has 0 bridgehead atoms. The highest BCUT2D eigenvalue weighted by molar-refractivity contribution is 5.79. The Hall–Kier alpha value is -2.62. The summed E-state index contributed by atoms with van der Waals surface area (Å²) in [7, 11) is 0. The number of hydrogen-bond acceptors (Lipinski definition) is 7. The number of nitrogens with zero attached hydrogens (tertiary/aromatic N) is 2. The van der Waals surface area contributed by atoms with E-state index < -0.39 is 35.2 Å². The molecule has 2 unspecified atom stereocenters. The summed E-state index contributed by atoms with van der Waals surface area (Å²) in [6.07, 6.45) is 5.33. The first-order valence-electron chi connectivity index (χ1n) is 15.8. The van der Waals surface area contributed by atoms with E-state index in [-0.39, 0.29) is 19.1 Å². The molecule has 0 aliphatic carbocycles. The Morgan fingerprint density at radius 1 is 1.19 bits per heavy atom. The van der Waals surface area contributed by atoms with Gasteiger partial charge in [0, 0.05) is 38.4 Å². The fourth-order valence-electron chi connectivity index (χ4n) is 6.33. The summed E-state index contributed by atoms with van der Waals surface area (Å²) >= 11 is 0. The van der Waals surface area contributed by atoms with Crippen LogP contribution in [-0.4, -0.2) is 65.6 Å². The number of aromatic nitrogens is 1. The van der Waals surface area contributed by atoms with Crippen molar-refractivity contribution in [1.29, 1.82) is 0 Å². The van der Waals surface area contributed by atoms with Gasteiger partial charge in [-0.15, -0.1) is 0 Å². The largest absolute Gasteiger partial charge is 0.459 e. The molecule has 3 aliphatic heterocycles. The van der Waals surface area contributed by atoms with E-state index in [9.17, 15) is 13.6 Å². The first kappa shape index (κ1) is 31.8. The number of hydrogen-bond donors (Lipinski definition) is 1. The zero-order valence-corrected chi connectivity index (χ0v) is 26.3. The minimum atomic E-state index is -1.58. The number of ether oxygens (including phenoxy) is 3. The monoisotopic (exact) mass is 599 g/mol. The van der Waals surface area contributed by atoms with Crippen LogP contribution in [0.25, 0.3) is 0 Å². The highest BCUT2D eigenvalue weighted by Crippen LogP contribution is 2.38. The number of likely N-dealkylation sites (tertiary alicyclic amines) is 1. The van der Waals surface area contributed by atoms with Gasteiger partial charge in [0.2, 0.25) is 0 Å². The van der Waals surface area contributed by atoms with Gasteiger partial charge in [0.15, 0.2) is 0 Å².